The van der Waals surface area contributed by atoms with Crippen LogP contribution >= 0.6 is 22.9 Å². The SMILES string of the molecule is COc1cc(Cl)ccc1C(=O)Cc1csc2ccccc12. The molecule has 106 valence electrons. The van der Waals surface area contributed by atoms with Crippen LogP contribution in [0.4, 0.5) is 0 Å². The summed E-state index contributed by atoms with van der Waals surface area (Å²) in [4.78, 5) is 12.5. The zero-order valence-electron chi connectivity index (χ0n) is 11.4. The Labute approximate surface area is 131 Å². The molecule has 0 aliphatic heterocycles. The summed E-state index contributed by atoms with van der Waals surface area (Å²) in [6.07, 6.45) is 0.363. The smallest absolute Gasteiger partial charge is 0.171 e. The Hall–Kier alpha value is -1.84. The number of ketones is 1. The molecule has 1 aromatic heterocycles. The van der Waals surface area contributed by atoms with Gasteiger partial charge in [-0.1, -0.05) is 29.8 Å². The number of methoxy groups -OCH3 is 1. The highest BCUT2D eigenvalue weighted by molar-refractivity contribution is 7.17. The molecule has 0 aliphatic carbocycles. The van der Waals surface area contributed by atoms with Crippen LogP contribution in [0.25, 0.3) is 10.1 Å². The third-order valence-electron chi connectivity index (χ3n) is 3.38. The molecule has 2 nitrogen and oxygen atoms in total. The number of benzene rings is 2. The fraction of sp³-hybridized carbons (Fsp3) is 0.118. The minimum absolute atomic E-state index is 0.0343. The number of hydrogen-bond donors (Lipinski definition) is 0. The van der Waals surface area contributed by atoms with E-state index in [2.05, 4.69) is 6.07 Å². The lowest BCUT2D eigenvalue weighted by Crippen LogP contribution is -2.05. The summed E-state index contributed by atoms with van der Waals surface area (Å²) in [7, 11) is 1.54. The number of carbonyl (C=O) groups excluding carboxylic acids is 1. The van der Waals surface area contributed by atoms with Crippen LogP contribution in [0, 0.1) is 0 Å². The highest BCUT2D eigenvalue weighted by Gasteiger charge is 2.15. The van der Waals surface area contributed by atoms with Crippen LogP contribution < -0.4 is 4.74 Å². The quantitative estimate of drug-likeness (QED) is 0.634. The van der Waals surface area contributed by atoms with Crippen molar-refractivity contribution in [3.8, 4) is 5.75 Å². The molecular formula is C17H13ClO2S. The summed E-state index contributed by atoms with van der Waals surface area (Å²) >= 11 is 7.59. The Morgan fingerprint density at radius 1 is 1.24 bits per heavy atom. The van der Waals surface area contributed by atoms with Gasteiger partial charge in [0.2, 0.25) is 0 Å². The van der Waals surface area contributed by atoms with Gasteiger partial charge in [-0.25, -0.2) is 0 Å². The fourth-order valence-corrected chi connectivity index (χ4v) is 3.46. The van der Waals surface area contributed by atoms with Crippen molar-refractivity contribution in [2.75, 3.05) is 7.11 Å². The van der Waals surface area contributed by atoms with Gasteiger partial charge in [0.25, 0.3) is 0 Å². The summed E-state index contributed by atoms with van der Waals surface area (Å²) in [6.45, 7) is 0. The molecule has 0 saturated carbocycles. The van der Waals surface area contributed by atoms with Crippen LogP contribution in [0.1, 0.15) is 15.9 Å². The van der Waals surface area contributed by atoms with E-state index in [-0.39, 0.29) is 5.78 Å². The maximum absolute atomic E-state index is 12.5. The molecule has 3 aromatic rings. The Morgan fingerprint density at radius 3 is 2.86 bits per heavy atom. The summed E-state index contributed by atoms with van der Waals surface area (Å²) in [5.74, 6) is 0.555. The van der Waals surface area contributed by atoms with Gasteiger partial charge in [0.15, 0.2) is 5.78 Å². The molecule has 0 aliphatic rings. The van der Waals surface area contributed by atoms with Crippen molar-refractivity contribution in [1.82, 2.24) is 0 Å². The summed E-state index contributed by atoms with van der Waals surface area (Å²) < 4.78 is 6.45. The molecule has 0 fully saturated rings. The molecular weight excluding hydrogens is 304 g/mol. The standard InChI is InChI=1S/C17H13ClO2S/c1-20-16-9-12(18)6-7-14(16)15(19)8-11-10-21-17-5-3-2-4-13(11)17/h2-7,9-10H,8H2,1H3. The molecule has 0 radical (unpaired) electrons. The Bertz CT molecular complexity index is 807. The number of Topliss-reactive ketones (excluding diaryl/α,β-unsaturated/α-hetero) is 1. The summed E-state index contributed by atoms with van der Waals surface area (Å²) in [5.41, 5.74) is 1.62. The highest BCUT2D eigenvalue weighted by Crippen LogP contribution is 2.29. The second-order valence-electron chi connectivity index (χ2n) is 4.70. The number of rotatable bonds is 4. The van der Waals surface area contributed by atoms with Gasteiger partial charge in [0.1, 0.15) is 5.75 Å². The normalized spacial score (nSPS) is 10.8. The van der Waals surface area contributed by atoms with Crippen molar-refractivity contribution in [2.24, 2.45) is 0 Å². The second-order valence-corrected chi connectivity index (χ2v) is 6.05. The van der Waals surface area contributed by atoms with Gasteiger partial charge in [-0.2, -0.15) is 0 Å². The molecule has 1 heterocycles. The predicted molar refractivity (Wildman–Crippen MR) is 87.9 cm³/mol. The minimum atomic E-state index is 0.0343. The molecule has 0 saturated heterocycles. The van der Waals surface area contributed by atoms with Crippen molar-refractivity contribution in [1.29, 1.82) is 0 Å². The number of thiophene rings is 1. The van der Waals surface area contributed by atoms with Gasteiger partial charge < -0.3 is 4.74 Å². The number of halogens is 1. The highest BCUT2D eigenvalue weighted by atomic mass is 35.5. The molecule has 2 aromatic carbocycles. The van der Waals surface area contributed by atoms with Crippen molar-refractivity contribution >= 4 is 38.8 Å². The van der Waals surface area contributed by atoms with Gasteiger partial charge >= 0.3 is 0 Å². The topological polar surface area (TPSA) is 26.3 Å². The van der Waals surface area contributed by atoms with E-state index >= 15 is 0 Å². The minimum Gasteiger partial charge on any atom is -0.496 e. The van der Waals surface area contributed by atoms with Crippen LogP contribution in [-0.4, -0.2) is 12.9 Å². The van der Waals surface area contributed by atoms with Gasteiger partial charge in [-0.15, -0.1) is 11.3 Å². The van der Waals surface area contributed by atoms with E-state index in [9.17, 15) is 4.79 Å². The Morgan fingerprint density at radius 2 is 2.05 bits per heavy atom. The first-order valence-corrected chi connectivity index (χ1v) is 7.76. The zero-order chi connectivity index (χ0) is 14.8. The lowest BCUT2D eigenvalue weighted by Gasteiger charge is -2.07. The van der Waals surface area contributed by atoms with Crippen LogP contribution in [-0.2, 0) is 6.42 Å². The average molecular weight is 317 g/mol. The van der Waals surface area contributed by atoms with E-state index in [1.165, 1.54) is 4.70 Å². The van der Waals surface area contributed by atoms with E-state index in [0.29, 0.717) is 22.8 Å². The molecule has 0 atom stereocenters. The van der Waals surface area contributed by atoms with Gasteiger partial charge in [-0.3, -0.25) is 4.79 Å². The van der Waals surface area contributed by atoms with Crippen molar-refractivity contribution < 1.29 is 9.53 Å². The largest absolute Gasteiger partial charge is 0.496 e. The third-order valence-corrected chi connectivity index (χ3v) is 4.62. The fourth-order valence-electron chi connectivity index (χ4n) is 2.33. The molecule has 3 rings (SSSR count). The molecule has 21 heavy (non-hydrogen) atoms. The lowest BCUT2D eigenvalue weighted by atomic mass is 10.0. The monoisotopic (exact) mass is 316 g/mol. The van der Waals surface area contributed by atoms with E-state index in [1.54, 1.807) is 36.6 Å². The summed E-state index contributed by atoms with van der Waals surface area (Å²) in [5, 5.41) is 3.75. The van der Waals surface area contributed by atoms with E-state index in [1.807, 2.05) is 23.6 Å². The van der Waals surface area contributed by atoms with Crippen molar-refractivity contribution in [3.05, 3.63) is 64.0 Å². The first-order valence-electron chi connectivity index (χ1n) is 6.51. The van der Waals surface area contributed by atoms with Gasteiger partial charge in [-0.05, 0) is 40.6 Å². The molecule has 0 amide bonds. The van der Waals surface area contributed by atoms with E-state index in [0.717, 1.165) is 10.9 Å². The Balaban J connectivity index is 1.93. The number of carbonyl (C=O) groups is 1. The second kappa shape index (κ2) is 5.88. The van der Waals surface area contributed by atoms with E-state index < -0.39 is 0 Å². The van der Waals surface area contributed by atoms with Gasteiger partial charge in [0, 0.05) is 16.1 Å². The first-order chi connectivity index (χ1) is 10.2. The molecule has 0 unspecified atom stereocenters. The first kappa shape index (κ1) is 14.1. The van der Waals surface area contributed by atoms with Crippen molar-refractivity contribution in [2.45, 2.75) is 6.42 Å². The zero-order valence-corrected chi connectivity index (χ0v) is 13.0. The predicted octanol–water partition coefficient (Wildman–Crippen LogP) is 4.99. The number of ether oxygens (including phenoxy) is 1. The average Bonchev–Trinajstić information content (AvgIpc) is 2.90. The molecule has 0 N–H and O–H groups in total. The third kappa shape index (κ3) is 2.80. The van der Waals surface area contributed by atoms with E-state index in [4.69, 9.17) is 16.3 Å². The van der Waals surface area contributed by atoms with Crippen LogP contribution in [0.3, 0.4) is 0 Å². The van der Waals surface area contributed by atoms with Crippen LogP contribution in [0.2, 0.25) is 5.02 Å². The van der Waals surface area contributed by atoms with Crippen LogP contribution in [0.5, 0.6) is 5.75 Å². The lowest BCUT2D eigenvalue weighted by molar-refractivity contribution is 0.0990. The van der Waals surface area contributed by atoms with Crippen molar-refractivity contribution in [3.63, 3.8) is 0 Å². The molecule has 4 heteroatoms. The van der Waals surface area contributed by atoms with Gasteiger partial charge in [0.05, 0.1) is 12.7 Å². The number of fused-ring (bicyclic) bond motifs is 1. The molecule has 0 bridgehead atoms. The maximum atomic E-state index is 12.5. The Kier molecular flexibility index (Phi) is 3.95. The number of hydrogen-bond acceptors (Lipinski definition) is 3. The maximum Gasteiger partial charge on any atom is 0.171 e. The van der Waals surface area contributed by atoms with Crippen LogP contribution in [0.15, 0.2) is 47.8 Å². The summed E-state index contributed by atoms with van der Waals surface area (Å²) in [6, 6.07) is 13.2. The molecule has 0 spiro atoms.